The van der Waals surface area contributed by atoms with Gasteiger partial charge in [-0.2, -0.15) is 10.1 Å². The number of hydrogen-bond donors (Lipinski definition) is 1. The van der Waals surface area contributed by atoms with Gasteiger partial charge in [-0.05, 0) is 12.1 Å². The lowest BCUT2D eigenvalue weighted by Crippen LogP contribution is -2.22. The Morgan fingerprint density at radius 2 is 2.33 bits per heavy atom. The summed E-state index contributed by atoms with van der Waals surface area (Å²) in [6, 6.07) is 3.21. The molecule has 0 aromatic heterocycles. The number of halogens is 2. The van der Waals surface area contributed by atoms with E-state index >= 15 is 0 Å². The van der Waals surface area contributed by atoms with Crippen molar-refractivity contribution in [3.63, 3.8) is 0 Å². The number of nitrogens with zero attached hydrogens (tertiary/aromatic N) is 2. The number of aromatic hydroxyl groups is 1. The van der Waals surface area contributed by atoms with E-state index in [1.807, 2.05) is 0 Å². The number of phenolic OH excluding ortho intramolecular Hbond substituents is 1. The second kappa shape index (κ2) is 5.56. The van der Waals surface area contributed by atoms with Gasteiger partial charge in [0.1, 0.15) is 5.75 Å². The van der Waals surface area contributed by atoms with Crippen LogP contribution < -0.4 is 0 Å². The molecule has 1 aromatic carbocycles. The molecular formula is C10H6BrClN2O2S2. The predicted octanol–water partition coefficient (Wildman–Crippen LogP) is 3.00. The van der Waals surface area contributed by atoms with Gasteiger partial charge >= 0.3 is 0 Å². The summed E-state index contributed by atoms with van der Waals surface area (Å²) in [4.78, 5) is 11.4. The Kier molecular flexibility index (Phi) is 4.26. The number of thioether (sulfide) groups is 1. The van der Waals surface area contributed by atoms with Gasteiger partial charge in [0, 0.05) is 10.0 Å². The molecule has 8 heteroatoms. The Balaban J connectivity index is 2.29. The Hall–Kier alpha value is -0.630. The van der Waals surface area contributed by atoms with Crippen LogP contribution in [0, 0.1) is 0 Å². The third-order valence-corrected chi connectivity index (χ3v) is 4.18. The van der Waals surface area contributed by atoms with Crippen molar-refractivity contribution in [2.24, 2.45) is 5.10 Å². The van der Waals surface area contributed by atoms with E-state index in [1.165, 1.54) is 18.0 Å². The van der Waals surface area contributed by atoms with Crippen LogP contribution in [0.3, 0.4) is 0 Å². The van der Waals surface area contributed by atoms with Crippen molar-refractivity contribution < 1.29 is 9.90 Å². The number of amides is 1. The fraction of sp³-hybridized carbons (Fsp3) is 0.100. The van der Waals surface area contributed by atoms with E-state index in [0.717, 1.165) is 5.01 Å². The SMILES string of the molecule is O=C1CSC(=S)N1/N=C/c1cc(Br)cc(Cl)c1O. The molecule has 1 N–H and O–H groups in total. The molecule has 4 nitrogen and oxygen atoms in total. The quantitative estimate of drug-likeness (QED) is 0.646. The van der Waals surface area contributed by atoms with Gasteiger partial charge in [0.25, 0.3) is 5.91 Å². The molecule has 0 spiro atoms. The highest BCUT2D eigenvalue weighted by Gasteiger charge is 2.26. The average Bonchev–Trinajstić information content (AvgIpc) is 2.62. The van der Waals surface area contributed by atoms with E-state index < -0.39 is 0 Å². The lowest BCUT2D eigenvalue weighted by Gasteiger charge is -2.07. The van der Waals surface area contributed by atoms with Gasteiger partial charge in [-0.1, -0.05) is 51.5 Å². The number of hydrogen-bond acceptors (Lipinski definition) is 5. The second-order valence-electron chi connectivity index (χ2n) is 3.33. The number of carbonyl (C=O) groups excluding carboxylic acids is 1. The summed E-state index contributed by atoms with van der Waals surface area (Å²) >= 11 is 15.3. The molecule has 1 aliphatic heterocycles. The lowest BCUT2D eigenvalue weighted by atomic mass is 10.2. The van der Waals surface area contributed by atoms with Gasteiger partial charge in [0.15, 0.2) is 4.32 Å². The van der Waals surface area contributed by atoms with E-state index in [0.29, 0.717) is 20.1 Å². The Bertz CT molecular complexity index is 549. The minimum absolute atomic E-state index is 0.0890. The summed E-state index contributed by atoms with van der Waals surface area (Å²) in [5.74, 6) is 0.0252. The molecule has 18 heavy (non-hydrogen) atoms. The van der Waals surface area contributed by atoms with Crippen molar-refractivity contribution in [3.8, 4) is 5.75 Å². The van der Waals surface area contributed by atoms with E-state index in [2.05, 4.69) is 21.0 Å². The van der Waals surface area contributed by atoms with Crippen LogP contribution in [0.15, 0.2) is 21.7 Å². The van der Waals surface area contributed by atoms with Gasteiger partial charge in [0.05, 0.1) is 17.0 Å². The maximum Gasteiger partial charge on any atom is 0.259 e. The first kappa shape index (κ1) is 13.8. The van der Waals surface area contributed by atoms with E-state index in [1.54, 1.807) is 12.1 Å². The highest BCUT2D eigenvalue weighted by molar-refractivity contribution is 9.10. The minimum atomic E-state index is -0.179. The van der Waals surface area contributed by atoms with Crippen LogP contribution in [0.4, 0.5) is 0 Å². The van der Waals surface area contributed by atoms with Gasteiger partial charge in [-0.3, -0.25) is 4.79 Å². The normalized spacial score (nSPS) is 16.0. The first-order chi connectivity index (χ1) is 8.49. The van der Waals surface area contributed by atoms with E-state index in [9.17, 15) is 9.90 Å². The van der Waals surface area contributed by atoms with E-state index in [4.69, 9.17) is 23.8 Å². The molecule has 0 radical (unpaired) electrons. The van der Waals surface area contributed by atoms with Crippen LogP contribution in [0.5, 0.6) is 5.75 Å². The molecule has 1 heterocycles. The Labute approximate surface area is 126 Å². The molecule has 1 fully saturated rings. The molecule has 0 saturated carbocycles. The summed E-state index contributed by atoms with van der Waals surface area (Å²) in [6.07, 6.45) is 1.35. The van der Waals surface area contributed by atoms with Crippen molar-refractivity contribution >= 4 is 68.0 Å². The van der Waals surface area contributed by atoms with Crippen molar-refractivity contribution in [2.45, 2.75) is 0 Å². The van der Waals surface area contributed by atoms with Crippen LogP contribution in [-0.4, -0.2) is 32.3 Å². The van der Waals surface area contributed by atoms with Gasteiger partial charge < -0.3 is 5.11 Å². The zero-order valence-corrected chi connectivity index (χ0v) is 12.7. The number of carbonyl (C=O) groups is 1. The third kappa shape index (κ3) is 2.85. The molecule has 1 amide bonds. The summed E-state index contributed by atoms with van der Waals surface area (Å²) in [5.41, 5.74) is 0.405. The maximum absolute atomic E-state index is 11.4. The summed E-state index contributed by atoms with van der Waals surface area (Å²) in [6.45, 7) is 0. The average molecular weight is 366 g/mol. The largest absolute Gasteiger partial charge is 0.506 e. The molecule has 1 saturated heterocycles. The molecule has 0 aliphatic carbocycles. The molecule has 0 unspecified atom stereocenters. The highest BCUT2D eigenvalue weighted by atomic mass is 79.9. The summed E-state index contributed by atoms with van der Waals surface area (Å²) in [5, 5.41) is 15.0. The summed E-state index contributed by atoms with van der Waals surface area (Å²) in [7, 11) is 0. The minimum Gasteiger partial charge on any atom is -0.506 e. The zero-order valence-electron chi connectivity index (χ0n) is 8.76. The van der Waals surface area contributed by atoms with Gasteiger partial charge in [-0.25, -0.2) is 0 Å². The number of phenols is 1. The second-order valence-corrected chi connectivity index (χ2v) is 6.26. The fourth-order valence-corrected chi connectivity index (χ4v) is 3.06. The third-order valence-electron chi connectivity index (χ3n) is 2.10. The fourth-order valence-electron chi connectivity index (χ4n) is 1.26. The van der Waals surface area contributed by atoms with Crippen molar-refractivity contribution in [1.82, 2.24) is 5.01 Å². The monoisotopic (exact) mass is 364 g/mol. The molecule has 1 aromatic rings. The Morgan fingerprint density at radius 3 is 2.94 bits per heavy atom. The maximum atomic E-state index is 11.4. The predicted molar refractivity (Wildman–Crippen MR) is 80.3 cm³/mol. The van der Waals surface area contributed by atoms with Crippen LogP contribution in [0.2, 0.25) is 5.02 Å². The first-order valence-corrected chi connectivity index (χ1v) is 7.27. The first-order valence-electron chi connectivity index (χ1n) is 4.70. The molecule has 0 atom stereocenters. The standard InChI is InChI=1S/C10H6BrClN2O2S2/c11-6-1-5(9(16)7(12)2-6)3-13-14-8(15)4-18-10(14)17/h1-3,16H,4H2/b13-3+. The number of thiocarbonyl (C=S) groups is 1. The van der Waals surface area contributed by atoms with Crippen LogP contribution in [0.1, 0.15) is 5.56 Å². The Morgan fingerprint density at radius 1 is 1.61 bits per heavy atom. The molecule has 94 valence electrons. The highest BCUT2D eigenvalue weighted by Crippen LogP contribution is 2.30. The topological polar surface area (TPSA) is 52.9 Å². The van der Waals surface area contributed by atoms with Crippen molar-refractivity contribution in [1.29, 1.82) is 0 Å². The van der Waals surface area contributed by atoms with Gasteiger partial charge in [0.2, 0.25) is 0 Å². The smallest absolute Gasteiger partial charge is 0.259 e. The zero-order chi connectivity index (χ0) is 13.3. The van der Waals surface area contributed by atoms with Gasteiger partial charge in [-0.15, -0.1) is 0 Å². The molecule has 2 rings (SSSR count). The number of hydrazone groups is 1. The molecular weight excluding hydrogens is 360 g/mol. The molecule has 1 aliphatic rings. The summed E-state index contributed by atoms with van der Waals surface area (Å²) < 4.78 is 1.10. The number of benzene rings is 1. The number of rotatable bonds is 2. The van der Waals surface area contributed by atoms with E-state index in [-0.39, 0.29) is 16.7 Å². The molecule has 0 bridgehead atoms. The van der Waals surface area contributed by atoms with Crippen molar-refractivity contribution in [2.75, 3.05) is 5.75 Å². The lowest BCUT2D eigenvalue weighted by molar-refractivity contribution is -0.123. The van der Waals surface area contributed by atoms with Crippen molar-refractivity contribution in [3.05, 3.63) is 27.2 Å². The van der Waals surface area contributed by atoms with Crippen LogP contribution in [-0.2, 0) is 4.79 Å². The van der Waals surface area contributed by atoms with Crippen LogP contribution in [0.25, 0.3) is 0 Å². The van der Waals surface area contributed by atoms with Crippen LogP contribution >= 0.6 is 51.5 Å².